The maximum absolute atomic E-state index is 12.8. The minimum absolute atomic E-state index is 0.0373. The number of likely N-dealkylation sites (tertiary alicyclic amines) is 1. The molecule has 4 N–H and O–H groups in total. The number of unbranched alkanes of at least 4 members (excludes halogenated alkanes) is 1. The molecule has 0 amide bonds. The number of sulfonamides is 1. The van der Waals surface area contributed by atoms with E-state index in [1.807, 2.05) is 30.3 Å². The Labute approximate surface area is 193 Å². The normalized spacial score (nSPS) is 19.5. The Kier molecular flexibility index (Phi) is 8.31. The third-order valence-corrected chi connectivity index (χ3v) is 7.17. The van der Waals surface area contributed by atoms with E-state index in [0.29, 0.717) is 43.1 Å². The first-order valence-electron chi connectivity index (χ1n) is 10.5. The molecule has 7 nitrogen and oxygen atoms in total. The number of hydrogen-bond acceptors (Lipinski definition) is 5. The third-order valence-electron chi connectivity index (χ3n) is 5.38. The molecule has 0 saturated carbocycles. The lowest BCUT2D eigenvalue weighted by Crippen LogP contribution is -2.37. The van der Waals surface area contributed by atoms with Crippen LogP contribution < -0.4 is 10.5 Å². The highest BCUT2D eigenvalue weighted by atomic mass is 35.5. The quantitative estimate of drug-likeness (QED) is 0.273. The van der Waals surface area contributed by atoms with E-state index in [9.17, 15) is 13.2 Å². The molecule has 2 atom stereocenters. The van der Waals surface area contributed by atoms with Crippen LogP contribution in [0, 0.1) is 0 Å². The summed E-state index contributed by atoms with van der Waals surface area (Å²) in [5.74, 6) is -0.805. The van der Waals surface area contributed by atoms with Gasteiger partial charge in [0, 0.05) is 42.3 Å². The number of anilines is 1. The van der Waals surface area contributed by atoms with Crippen molar-refractivity contribution in [2.75, 3.05) is 12.3 Å². The lowest BCUT2D eigenvalue weighted by molar-refractivity contribution is -0.137. The van der Waals surface area contributed by atoms with E-state index in [1.54, 1.807) is 12.1 Å². The SMILES string of the molecule is Nc1ccc(CN2C[C@H](NS(=O)(=O)c3ccc(Cl)cc3)C[C@H]2/C=C\CCCC(=O)O)cc1. The summed E-state index contributed by atoms with van der Waals surface area (Å²) < 4.78 is 28.4. The molecule has 0 spiro atoms. The molecule has 0 radical (unpaired) electrons. The van der Waals surface area contributed by atoms with Gasteiger partial charge in [-0.25, -0.2) is 13.1 Å². The summed E-state index contributed by atoms with van der Waals surface area (Å²) in [6, 6.07) is 13.5. The summed E-state index contributed by atoms with van der Waals surface area (Å²) in [5.41, 5.74) is 7.56. The predicted molar refractivity (Wildman–Crippen MR) is 126 cm³/mol. The number of carboxylic acid groups (broad SMARTS) is 1. The number of nitrogens with two attached hydrogens (primary N) is 1. The molecule has 172 valence electrons. The van der Waals surface area contributed by atoms with Crippen LogP contribution in [0.4, 0.5) is 5.69 Å². The summed E-state index contributed by atoms with van der Waals surface area (Å²) in [6.45, 7) is 1.21. The standard InChI is InChI=1S/C23H28ClN3O4S/c24-18-8-12-22(13-9-18)32(30,31)26-20-14-21(4-2-1-3-5-23(28)29)27(16-20)15-17-6-10-19(25)11-7-17/h2,4,6-13,20-21,26H,1,3,5,14-16,25H2,(H,28,29)/b4-2-/t20-,21-/m1/s1. The molecule has 1 aliphatic heterocycles. The Morgan fingerprint density at radius 3 is 2.53 bits per heavy atom. The van der Waals surface area contributed by atoms with E-state index in [2.05, 4.69) is 15.7 Å². The van der Waals surface area contributed by atoms with E-state index in [-0.39, 0.29) is 23.4 Å². The molecular formula is C23H28ClN3O4S. The Morgan fingerprint density at radius 2 is 1.88 bits per heavy atom. The molecule has 1 saturated heterocycles. The van der Waals surface area contributed by atoms with E-state index in [1.165, 1.54) is 12.1 Å². The highest BCUT2D eigenvalue weighted by molar-refractivity contribution is 7.89. The summed E-state index contributed by atoms with van der Waals surface area (Å²) in [6.07, 6.45) is 6.03. The number of nitrogens with zero attached hydrogens (tertiary/aromatic N) is 1. The molecule has 0 bridgehead atoms. The van der Waals surface area contributed by atoms with Crippen molar-refractivity contribution in [2.24, 2.45) is 0 Å². The fraction of sp³-hybridized carbons (Fsp3) is 0.348. The molecule has 1 aliphatic rings. The topological polar surface area (TPSA) is 113 Å². The lowest BCUT2D eigenvalue weighted by atomic mass is 10.1. The zero-order valence-electron chi connectivity index (χ0n) is 17.7. The van der Waals surface area contributed by atoms with Crippen molar-refractivity contribution < 1.29 is 18.3 Å². The molecule has 0 aromatic heterocycles. The largest absolute Gasteiger partial charge is 0.481 e. The average molecular weight is 478 g/mol. The van der Waals surface area contributed by atoms with Crippen LogP contribution in [0.2, 0.25) is 5.02 Å². The molecule has 0 unspecified atom stereocenters. The van der Waals surface area contributed by atoms with Crippen molar-refractivity contribution in [3.63, 3.8) is 0 Å². The zero-order valence-corrected chi connectivity index (χ0v) is 19.2. The molecular weight excluding hydrogens is 450 g/mol. The van der Waals surface area contributed by atoms with E-state index in [0.717, 1.165) is 5.56 Å². The maximum Gasteiger partial charge on any atom is 0.303 e. The summed E-state index contributed by atoms with van der Waals surface area (Å²) in [7, 11) is -3.67. The van der Waals surface area contributed by atoms with E-state index < -0.39 is 16.0 Å². The van der Waals surface area contributed by atoms with Crippen LogP contribution >= 0.6 is 11.6 Å². The minimum atomic E-state index is -3.67. The fourth-order valence-electron chi connectivity index (χ4n) is 3.78. The van der Waals surface area contributed by atoms with Crippen molar-refractivity contribution in [3.8, 4) is 0 Å². The van der Waals surface area contributed by atoms with Gasteiger partial charge in [0.15, 0.2) is 0 Å². The number of nitrogens with one attached hydrogen (secondary N) is 1. The lowest BCUT2D eigenvalue weighted by Gasteiger charge is -2.22. The number of nitrogen functional groups attached to an aromatic ring is 1. The van der Waals surface area contributed by atoms with Crippen molar-refractivity contribution in [1.82, 2.24) is 9.62 Å². The monoisotopic (exact) mass is 477 g/mol. The summed E-state index contributed by atoms with van der Waals surface area (Å²) >= 11 is 5.88. The molecule has 9 heteroatoms. The van der Waals surface area contributed by atoms with Crippen LogP contribution in [0.25, 0.3) is 0 Å². The number of rotatable bonds is 10. The minimum Gasteiger partial charge on any atom is -0.481 e. The maximum atomic E-state index is 12.8. The van der Waals surface area contributed by atoms with E-state index in [4.69, 9.17) is 22.4 Å². The Hall–Kier alpha value is -2.39. The Balaban J connectivity index is 1.69. The van der Waals surface area contributed by atoms with E-state index >= 15 is 0 Å². The third kappa shape index (κ3) is 7.06. The van der Waals surface area contributed by atoms with Crippen LogP contribution in [0.1, 0.15) is 31.2 Å². The van der Waals surface area contributed by atoms with Crippen molar-refractivity contribution >= 4 is 33.3 Å². The second kappa shape index (κ2) is 11.0. The summed E-state index contributed by atoms with van der Waals surface area (Å²) in [4.78, 5) is 13.1. The van der Waals surface area contributed by atoms with Gasteiger partial charge in [0.25, 0.3) is 0 Å². The highest BCUT2D eigenvalue weighted by Gasteiger charge is 2.33. The van der Waals surface area contributed by atoms with Crippen molar-refractivity contribution in [3.05, 3.63) is 71.3 Å². The van der Waals surface area contributed by atoms with Crippen molar-refractivity contribution in [1.29, 1.82) is 0 Å². The number of halogens is 1. The van der Waals surface area contributed by atoms with Crippen molar-refractivity contribution in [2.45, 2.75) is 49.2 Å². The molecule has 2 aromatic carbocycles. The van der Waals surface area contributed by atoms with Gasteiger partial charge in [-0.05, 0) is 61.2 Å². The number of carbonyl (C=O) groups is 1. The van der Waals surface area contributed by atoms with Gasteiger partial charge in [0.05, 0.1) is 4.90 Å². The van der Waals surface area contributed by atoms with Gasteiger partial charge in [-0.2, -0.15) is 0 Å². The average Bonchev–Trinajstić information content (AvgIpc) is 3.09. The second-order valence-corrected chi connectivity index (χ2v) is 10.1. The van der Waals surface area contributed by atoms with Gasteiger partial charge in [0.2, 0.25) is 10.0 Å². The molecule has 32 heavy (non-hydrogen) atoms. The fourth-order valence-corrected chi connectivity index (χ4v) is 5.15. The van der Waals surface area contributed by atoms with Gasteiger partial charge in [-0.1, -0.05) is 35.9 Å². The number of carboxylic acids is 1. The van der Waals surface area contributed by atoms with Gasteiger partial charge in [-0.15, -0.1) is 0 Å². The molecule has 1 heterocycles. The first kappa shape index (κ1) is 24.3. The van der Waals surface area contributed by atoms with Crippen LogP contribution in [0.15, 0.2) is 65.6 Å². The predicted octanol–water partition coefficient (Wildman–Crippen LogP) is 3.65. The van der Waals surface area contributed by atoms with Crippen LogP contribution in [-0.2, 0) is 21.4 Å². The molecule has 2 aromatic rings. The zero-order chi connectivity index (χ0) is 23.1. The molecule has 3 rings (SSSR count). The highest BCUT2D eigenvalue weighted by Crippen LogP contribution is 2.24. The van der Waals surface area contributed by atoms with Gasteiger partial charge >= 0.3 is 5.97 Å². The van der Waals surface area contributed by atoms with Gasteiger partial charge in [0.1, 0.15) is 0 Å². The molecule has 0 aliphatic carbocycles. The van der Waals surface area contributed by atoms with Gasteiger partial charge in [-0.3, -0.25) is 9.69 Å². The Morgan fingerprint density at radius 1 is 1.19 bits per heavy atom. The Bertz CT molecular complexity index is 1040. The van der Waals surface area contributed by atoms with Crippen LogP contribution in [0.5, 0.6) is 0 Å². The second-order valence-electron chi connectivity index (χ2n) is 7.96. The number of allylic oxidation sites excluding steroid dienone is 1. The molecule has 1 fully saturated rings. The van der Waals surface area contributed by atoms with Crippen LogP contribution in [0.3, 0.4) is 0 Å². The smallest absolute Gasteiger partial charge is 0.303 e. The first-order chi connectivity index (χ1) is 15.2. The first-order valence-corrected chi connectivity index (χ1v) is 12.3. The number of aliphatic carboxylic acids is 1. The number of hydrogen-bond donors (Lipinski definition) is 3. The number of benzene rings is 2. The summed E-state index contributed by atoms with van der Waals surface area (Å²) in [5, 5.41) is 9.27. The van der Waals surface area contributed by atoms with Crippen LogP contribution in [-0.4, -0.2) is 43.0 Å². The van der Waals surface area contributed by atoms with Gasteiger partial charge < -0.3 is 10.8 Å².